The van der Waals surface area contributed by atoms with Crippen LogP contribution in [0.5, 0.6) is 0 Å². The van der Waals surface area contributed by atoms with E-state index in [0.29, 0.717) is 23.6 Å². The van der Waals surface area contributed by atoms with Crippen LogP contribution in [0, 0.1) is 11.8 Å². The van der Waals surface area contributed by atoms with Gasteiger partial charge in [-0.2, -0.15) is 0 Å². The summed E-state index contributed by atoms with van der Waals surface area (Å²) in [4.78, 5) is 14.4. The number of halogens is 1. The molecule has 1 amide bonds. The van der Waals surface area contributed by atoms with Crippen LogP contribution in [-0.4, -0.2) is 42.2 Å². The molecule has 0 aliphatic carbocycles. The highest BCUT2D eigenvalue weighted by Gasteiger charge is 2.33. The molecule has 0 bridgehead atoms. The molecular weight excluding hydrogens is 342 g/mol. The van der Waals surface area contributed by atoms with Crippen LogP contribution < -0.4 is 10.9 Å². The number of carbonyl (C=O) groups excluding carboxylic acids is 1. The zero-order valence-electron chi connectivity index (χ0n) is 14.1. The van der Waals surface area contributed by atoms with E-state index in [1.807, 2.05) is 29.2 Å². The fraction of sp³-hybridized carbons (Fsp3) is 0.611. The van der Waals surface area contributed by atoms with Gasteiger partial charge in [-0.15, -0.1) is 11.8 Å². The first-order valence-electron chi connectivity index (χ1n) is 8.72. The van der Waals surface area contributed by atoms with Gasteiger partial charge in [-0.05, 0) is 36.3 Å². The lowest BCUT2D eigenvalue weighted by molar-refractivity contribution is -0.129. The molecule has 2 unspecified atom stereocenters. The number of likely N-dealkylation sites (tertiary alicyclic amines) is 1. The number of benzene rings is 1. The van der Waals surface area contributed by atoms with Crippen molar-refractivity contribution in [3.63, 3.8) is 0 Å². The molecule has 4 nitrogen and oxygen atoms in total. The SMILES string of the molecule is CC1CNNC1C1CCN(C(=O)CSCc2ccccc2Cl)CC1. The lowest BCUT2D eigenvalue weighted by atomic mass is 9.84. The minimum atomic E-state index is 0.260. The van der Waals surface area contributed by atoms with Crippen molar-refractivity contribution in [3.8, 4) is 0 Å². The van der Waals surface area contributed by atoms with Crippen LogP contribution >= 0.6 is 23.4 Å². The maximum Gasteiger partial charge on any atom is 0.232 e. The molecule has 6 heteroatoms. The second kappa shape index (κ2) is 8.56. The number of hydrazine groups is 1. The Morgan fingerprint density at radius 1 is 1.33 bits per heavy atom. The molecule has 0 spiro atoms. The molecule has 3 rings (SSSR count). The quantitative estimate of drug-likeness (QED) is 0.839. The van der Waals surface area contributed by atoms with Crippen LogP contribution in [0.3, 0.4) is 0 Å². The summed E-state index contributed by atoms with van der Waals surface area (Å²) in [6.07, 6.45) is 2.20. The third-order valence-electron chi connectivity index (χ3n) is 5.15. The van der Waals surface area contributed by atoms with E-state index in [4.69, 9.17) is 11.6 Å². The van der Waals surface area contributed by atoms with Crippen LogP contribution in [0.2, 0.25) is 5.02 Å². The van der Waals surface area contributed by atoms with E-state index < -0.39 is 0 Å². The first-order valence-corrected chi connectivity index (χ1v) is 10.3. The van der Waals surface area contributed by atoms with Crippen molar-refractivity contribution in [2.24, 2.45) is 11.8 Å². The molecule has 2 aliphatic rings. The Morgan fingerprint density at radius 2 is 2.08 bits per heavy atom. The second-order valence-corrected chi connectivity index (χ2v) is 8.22. The molecule has 132 valence electrons. The normalized spacial score (nSPS) is 25.2. The van der Waals surface area contributed by atoms with E-state index in [1.165, 1.54) is 0 Å². The van der Waals surface area contributed by atoms with Gasteiger partial charge in [-0.25, -0.2) is 0 Å². The summed E-state index contributed by atoms with van der Waals surface area (Å²) in [5.74, 6) is 2.93. The number of amides is 1. The van der Waals surface area contributed by atoms with Crippen LogP contribution in [0.1, 0.15) is 25.3 Å². The molecule has 2 atom stereocenters. The molecule has 2 saturated heterocycles. The molecule has 0 radical (unpaired) electrons. The molecule has 0 aromatic heterocycles. The second-order valence-electron chi connectivity index (χ2n) is 6.83. The van der Waals surface area contributed by atoms with Gasteiger partial charge in [0.05, 0.1) is 5.75 Å². The number of carbonyl (C=O) groups is 1. The fourth-order valence-electron chi connectivity index (χ4n) is 3.65. The molecular formula is C18H26ClN3OS. The number of hydrogen-bond acceptors (Lipinski definition) is 4. The summed E-state index contributed by atoms with van der Waals surface area (Å²) in [5, 5.41) is 0.782. The van der Waals surface area contributed by atoms with E-state index in [2.05, 4.69) is 17.8 Å². The number of nitrogens with one attached hydrogen (secondary N) is 2. The minimum Gasteiger partial charge on any atom is -0.342 e. The summed E-state index contributed by atoms with van der Waals surface area (Å²) in [6.45, 7) is 5.12. The van der Waals surface area contributed by atoms with E-state index >= 15 is 0 Å². The van der Waals surface area contributed by atoms with Crippen molar-refractivity contribution in [1.29, 1.82) is 0 Å². The van der Waals surface area contributed by atoms with Crippen molar-refractivity contribution in [2.45, 2.75) is 31.6 Å². The van der Waals surface area contributed by atoms with Gasteiger partial charge in [0.2, 0.25) is 5.91 Å². The standard InChI is InChI=1S/C18H26ClN3OS/c1-13-10-20-21-18(13)14-6-8-22(9-7-14)17(23)12-24-11-15-4-2-3-5-16(15)19/h2-5,13-14,18,20-21H,6-12H2,1H3. The summed E-state index contributed by atoms with van der Waals surface area (Å²) in [7, 11) is 0. The maximum absolute atomic E-state index is 12.4. The zero-order chi connectivity index (χ0) is 16.9. The maximum atomic E-state index is 12.4. The Kier molecular flexibility index (Phi) is 6.44. The first kappa shape index (κ1) is 18.1. The smallest absolute Gasteiger partial charge is 0.232 e. The van der Waals surface area contributed by atoms with Crippen molar-refractivity contribution in [1.82, 2.24) is 15.8 Å². The third-order valence-corrected chi connectivity index (χ3v) is 6.48. The number of piperidine rings is 1. The van der Waals surface area contributed by atoms with Gasteiger partial charge in [-0.1, -0.05) is 36.7 Å². The van der Waals surface area contributed by atoms with Crippen LogP contribution in [0.4, 0.5) is 0 Å². The number of nitrogens with zero attached hydrogens (tertiary/aromatic N) is 1. The van der Waals surface area contributed by atoms with Gasteiger partial charge in [0.25, 0.3) is 0 Å². The molecule has 2 heterocycles. The Labute approximate surface area is 153 Å². The van der Waals surface area contributed by atoms with E-state index in [0.717, 1.165) is 48.8 Å². The van der Waals surface area contributed by atoms with Gasteiger partial charge < -0.3 is 4.90 Å². The zero-order valence-corrected chi connectivity index (χ0v) is 15.7. The van der Waals surface area contributed by atoms with Gasteiger partial charge in [-0.3, -0.25) is 15.6 Å². The lowest BCUT2D eigenvalue weighted by Gasteiger charge is -2.35. The van der Waals surface area contributed by atoms with Gasteiger partial charge >= 0.3 is 0 Å². The highest BCUT2D eigenvalue weighted by molar-refractivity contribution is 7.99. The molecule has 24 heavy (non-hydrogen) atoms. The van der Waals surface area contributed by atoms with Crippen molar-refractivity contribution < 1.29 is 4.79 Å². The van der Waals surface area contributed by atoms with Gasteiger partial charge in [0, 0.05) is 36.5 Å². The summed E-state index contributed by atoms with van der Waals surface area (Å²) >= 11 is 7.81. The summed E-state index contributed by atoms with van der Waals surface area (Å²) < 4.78 is 0. The lowest BCUT2D eigenvalue weighted by Crippen LogP contribution is -2.46. The monoisotopic (exact) mass is 367 g/mol. The van der Waals surface area contributed by atoms with Gasteiger partial charge in [0.1, 0.15) is 0 Å². The highest BCUT2D eigenvalue weighted by atomic mass is 35.5. The average molecular weight is 368 g/mol. The third kappa shape index (κ3) is 4.45. The molecule has 2 N–H and O–H groups in total. The number of thioether (sulfide) groups is 1. The Morgan fingerprint density at radius 3 is 2.75 bits per heavy atom. The molecule has 1 aromatic rings. The topological polar surface area (TPSA) is 44.4 Å². The number of hydrogen-bond donors (Lipinski definition) is 2. The Bertz CT molecular complexity index is 563. The predicted molar refractivity (Wildman–Crippen MR) is 101 cm³/mol. The van der Waals surface area contributed by atoms with E-state index in [-0.39, 0.29) is 5.91 Å². The summed E-state index contributed by atoms with van der Waals surface area (Å²) in [6, 6.07) is 8.39. The number of rotatable bonds is 5. The Hall–Kier alpha value is -0.750. The average Bonchev–Trinajstić information content (AvgIpc) is 3.03. The molecule has 2 fully saturated rings. The molecule has 1 aromatic carbocycles. The van der Waals surface area contributed by atoms with Crippen LogP contribution in [0.25, 0.3) is 0 Å². The predicted octanol–water partition coefficient (Wildman–Crippen LogP) is 2.92. The van der Waals surface area contributed by atoms with Crippen molar-refractivity contribution in [3.05, 3.63) is 34.9 Å². The minimum absolute atomic E-state index is 0.260. The highest BCUT2D eigenvalue weighted by Crippen LogP contribution is 2.27. The molecule has 2 aliphatic heterocycles. The van der Waals surface area contributed by atoms with E-state index in [9.17, 15) is 4.79 Å². The van der Waals surface area contributed by atoms with Crippen LogP contribution in [-0.2, 0) is 10.5 Å². The summed E-state index contributed by atoms with van der Waals surface area (Å²) in [5.41, 5.74) is 7.77. The largest absolute Gasteiger partial charge is 0.342 e. The molecule has 0 saturated carbocycles. The van der Waals surface area contributed by atoms with Crippen LogP contribution in [0.15, 0.2) is 24.3 Å². The fourth-order valence-corrected chi connectivity index (χ4v) is 4.87. The first-order chi connectivity index (χ1) is 11.6. The van der Waals surface area contributed by atoms with Gasteiger partial charge in [0.15, 0.2) is 0 Å². The van der Waals surface area contributed by atoms with E-state index in [1.54, 1.807) is 11.8 Å². The van der Waals surface area contributed by atoms with Crippen molar-refractivity contribution in [2.75, 3.05) is 25.4 Å². The Balaban J connectivity index is 1.40. The van der Waals surface area contributed by atoms with Crippen molar-refractivity contribution >= 4 is 29.3 Å².